The monoisotopic (exact) mass is 270 g/mol. The van der Waals surface area contributed by atoms with Gasteiger partial charge in [0.15, 0.2) is 0 Å². The van der Waals surface area contributed by atoms with Gasteiger partial charge in [0.2, 0.25) is 0 Å². The highest BCUT2D eigenvalue weighted by molar-refractivity contribution is 5.85. The standard InChI is InChI=1S/C9H7F5N2O2/c10-7(11)6-3(9(12,13)14)1-4(8(17)18)16-5(6)2-15/h1,7H,2,15H2,(H,17,18). The summed E-state index contributed by atoms with van der Waals surface area (Å²) in [6.07, 6.45) is -8.56. The van der Waals surface area contributed by atoms with Gasteiger partial charge in [0.1, 0.15) is 5.69 Å². The summed E-state index contributed by atoms with van der Waals surface area (Å²) in [6, 6.07) is 0.0724. The molecular formula is C9H7F5N2O2. The average Bonchev–Trinajstić information content (AvgIpc) is 2.25. The van der Waals surface area contributed by atoms with Crippen LogP contribution in [0.5, 0.6) is 0 Å². The lowest BCUT2D eigenvalue weighted by molar-refractivity contribution is -0.139. The molecule has 0 unspecified atom stereocenters. The van der Waals surface area contributed by atoms with Crippen molar-refractivity contribution >= 4 is 5.97 Å². The summed E-state index contributed by atoms with van der Waals surface area (Å²) in [5.41, 5.74) is 0.143. The quantitative estimate of drug-likeness (QED) is 0.825. The molecule has 0 saturated carbocycles. The number of alkyl halides is 5. The number of carboxylic acid groups (broad SMARTS) is 1. The van der Waals surface area contributed by atoms with Gasteiger partial charge in [0, 0.05) is 6.54 Å². The molecule has 9 heteroatoms. The molecule has 0 spiro atoms. The fraction of sp³-hybridized carbons (Fsp3) is 0.333. The summed E-state index contributed by atoms with van der Waals surface area (Å²) in [6.45, 7) is -0.718. The van der Waals surface area contributed by atoms with Gasteiger partial charge in [-0.15, -0.1) is 0 Å². The van der Waals surface area contributed by atoms with E-state index in [9.17, 15) is 26.7 Å². The second kappa shape index (κ2) is 4.84. The summed E-state index contributed by atoms with van der Waals surface area (Å²) in [7, 11) is 0. The molecule has 3 N–H and O–H groups in total. The molecule has 0 bridgehead atoms. The normalized spacial score (nSPS) is 11.9. The predicted octanol–water partition coefficient (Wildman–Crippen LogP) is 2.19. The maximum atomic E-state index is 12.6. The second-order valence-electron chi connectivity index (χ2n) is 3.22. The summed E-state index contributed by atoms with van der Waals surface area (Å²) in [4.78, 5) is 13.8. The molecule has 100 valence electrons. The Morgan fingerprint density at radius 3 is 2.33 bits per heavy atom. The molecule has 0 aromatic carbocycles. The van der Waals surface area contributed by atoms with Gasteiger partial charge in [-0.25, -0.2) is 18.6 Å². The highest BCUT2D eigenvalue weighted by Gasteiger charge is 2.38. The molecule has 0 fully saturated rings. The molecule has 18 heavy (non-hydrogen) atoms. The minimum atomic E-state index is -5.11. The summed E-state index contributed by atoms with van der Waals surface area (Å²) < 4.78 is 62.9. The molecule has 0 radical (unpaired) electrons. The van der Waals surface area contributed by atoms with E-state index in [1.807, 2.05) is 0 Å². The van der Waals surface area contributed by atoms with Crippen LogP contribution >= 0.6 is 0 Å². The van der Waals surface area contributed by atoms with Crippen LogP contribution in [0.3, 0.4) is 0 Å². The number of aromatic nitrogens is 1. The Kier molecular flexibility index (Phi) is 3.85. The molecule has 1 aromatic rings. The summed E-state index contributed by atoms with van der Waals surface area (Å²) >= 11 is 0. The third-order valence-corrected chi connectivity index (χ3v) is 2.07. The van der Waals surface area contributed by atoms with Crippen molar-refractivity contribution in [3.8, 4) is 0 Å². The van der Waals surface area contributed by atoms with E-state index in [2.05, 4.69) is 4.98 Å². The Morgan fingerprint density at radius 2 is 2.00 bits per heavy atom. The molecule has 0 aliphatic heterocycles. The lowest BCUT2D eigenvalue weighted by Crippen LogP contribution is -2.18. The fourth-order valence-corrected chi connectivity index (χ4v) is 1.35. The van der Waals surface area contributed by atoms with Gasteiger partial charge in [-0.05, 0) is 6.07 Å². The number of nitrogens with zero attached hydrogens (tertiary/aromatic N) is 1. The lowest BCUT2D eigenvalue weighted by Gasteiger charge is -2.15. The van der Waals surface area contributed by atoms with Crippen LogP contribution < -0.4 is 5.73 Å². The summed E-state index contributed by atoms with van der Waals surface area (Å²) in [5, 5.41) is 8.57. The Balaban J connectivity index is 3.62. The van der Waals surface area contributed by atoms with Crippen LogP contribution in [-0.2, 0) is 12.7 Å². The first kappa shape index (κ1) is 14.3. The molecule has 4 nitrogen and oxygen atoms in total. The lowest BCUT2D eigenvalue weighted by atomic mass is 10.0. The van der Waals surface area contributed by atoms with E-state index in [1.54, 1.807) is 0 Å². The smallest absolute Gasteiger partial charge is 0.417 e. The third kappa shape index (κ3) is 2.73. The number of aromatic carboxylic acids is 1. The Labute approximate surface area is 97.2 Å². The third-order valence-electron chi connectivity index (χ3n) is 2.07. The number of hydrogen-bond acceptors (Lipinski definition) is 3. The average molecular weight is 270 g/mol. The van der Waals surface area contributed by atoms with Gasteiger partial charge in [0.25, 0.3) is 6.43 Å². The van der Waals surface area contributed by atoms with E-state index in [-0.39, 0.29) is 6.07 Å². The Morgan fingerprint density at radius 1 is 1.44 bits per heavy atom. The highest BCUT2D eigenvalue weighted by Crippen LogP contribution is 2.38. The zero-order valence-electron chi connectivity index (χ0n) is 8.63. The van der Waals surface area contributed by atoms with Crippen LogP contribution in [0, 0.1) is 0 Å². The van der Waals surface area contributed by atoms with Crippen molar-refractivity contribution < 1.29 is 31.9 Å². The summed E-state index contributed by atoms with van der Waals surface area (Å²) in [5.74, 6) is -1.75. The van der Waals surface area contributed by atoms with E-state index in [0.717, 1.165) is 0 Å². The molecule has 1 rings (SSSR count). The molecule has 0 saturated heterocycles. The first-order valence-electron chi connectivity index (χ1n) is 4.51. The number of pyridine rings is 1. The van der Waals surface area contributed by atoms with Crippen molar-refractivity contribution in [3.63, 3.8) is 0 Å². The van der Waals surface area contributed by atoms with Crippen LogP contribution in [0.4, 0.5) is 22.0 Å². The SMILES string of the molecule is NCc1nc(C(=O)O)cc(C(F)(F)F)c1C(F)F. The van der Waals surface area contributed by atoms with E-state index < -0.39 is 47.6 Å². The van der Waals surface area contributed by atoms with E-state index in [4.69, 9.17) is 10.8 Å². The first-order chi connectivity index (χ1) is 8.18. The van der Waals surface area contributed by atoms with Crippen molar-refractivity contribution in [2.45, 2.75) is 19.1 Å². The largest absolute Gasteiger partial charge is 0.477 e. The number of rotatable bonds is 3. The van der Waals surface area contributed by atoms with E-state index in [1.165, 1.54) is 0 Å². The molecule has 0 aliphatic carbocycles. The molecular weight excluding hydrogens is 263 g/mol. The van der Waals surface area contributed by atoms with Crippen LogP contribution in [0.2, 0.25) is 0 Å². The van der Waals surface area contributed by atoms with Crippen LogP contribution in [0.1, 0.15) is 33.7 Å². The van der Waals surface area contributed by atoms with Gasteiger partial charge >= 0.3 is 12.1 Å². The van der Waals surface area contributed by atoms with E-state index in [0.29, 0.717) is 0 Å². The van der Waals surface area contributed by atoms with Crippen molar-refractivity contribution in [1.29, 1.82) is 0 Å². The minimum absolute atomic E-state index is 0.0724. The molecule has 0 aliphatic rings. The maximum Gasteiger partial charge on any atom is 0.417 e. The van der Waals surface area contributed by atoms with Crippen LogP contribution in [-0.4, -0.2) is 16.1 Å². The van der Waals surface area contributed by atoms with Crippen molar-refractivity contribution in [3.05, 3.63) is 28.6 Å². The van der Waals surface area contributed by atoms with Crippen molar-refractivity contribution in [2.24, 2.45) is 5.73 Å². The van der Waals surface area contributed by atoms with Gasteiger partial charge in [-0.3, -0.25) is 0 Å². The minimum Gasteiger partial charge on any atom is -0.477 e. The zero-order chi connectivity index (χ0) is 14.1. The van der Waals surface area contributed by atoms with Crippen LogP contribution in [0.15, 0.2) is 6.07 Å². The predicted molar refractivity (Wildman–Crippen MR) is 49.0 cm³/mol. The van der Waals surface area contributed by atoms with Gasteiger partial charge in [-0.2, -0.15) is 13.2 Å². The number of carbonyl (C=O) groups is 1. The van der Waals surface area contributed by atoms with Gasteiger partial charge < -0.3 is 10.8 Å². The van der Waals surface area contributed by atoms with E-state index >= 15 is 0 Å². The maximum absolute atomic E-state index is 12.6. The van der Waals surface area contributed by atoms with Crippen LogP contribution in [0.25, 0.3) is 0 Å². The molecule has 0 amide bonds. The van der Waals surface area contributed by atoms with Gasteiger partial charge in [-0.1, -0.05) is 0 Å². The molecule has 1 heterocycles. The second-order valence-corrected chi connectivity index (χ2v) is 3.22. The number of hydrogen-bond donors (Lipinski definition) is 2. The molecule has 0 atom stereocenters. The van der Waals surface area contributed by atoms with Crippen molar-refractivity contribution in [2.75, 3.05) is 0 Å². The fourth-order valence-electron chi connectivity index (χ4n) is 1.35. The molecule has 1 aromatic heterocycles. The highest BCUT2D eigenvalue weighted by atomic mass is 19.4. The Hall–Kier alpha value is -1.77. The topological polar surface area (TPSA) is 76.2 Å². The first-order valence-corrected chi connectivity index (χ1v) is 4.51. The van der Waals surface area contributed by atoms with Crippen molar-refractivity contribution in [1.82, 2.24) is 4.98 Å². The number of carboxylic acids is 1. The Bertz CT molecular complexity index is 473. The number of nitrogens with two attached hydrogens (primary N) is 1. The van der Waals surface area contributed by atoms with Gasteiger partial charge in [0.05, 0.1) is 16.8 Å². The zero-order valence-corrected chi connectivity index (χ0v) is 8.63. The number of halogens is 5.